The molecule has 0 heterocycles. The fraction of sp³-hybridized carbons (Fsp3) is 0.300. The van der Waals surface area contributed by atoms with Crippen molar-refractivity contribution in [1.29, 1.82) is 0 Å². The van der Waals surface area contributed by atoms with Crippen molar-refractivity contribution in [1.82, 2.24) is 5.32 Å². The molecule has 3 amide bonds. The molecule has 1 aliphatic rings. The second-order valence-corrected chi connectivity index (χ2v) is 6.30. The Morgan fingerprint density at radius 2 is 1.70 bits per heavy atom. The molecule has 0 atom stereocenters. The van der Waals surface area contributed by atoms with Crippen LogP contribution in [0.4, 0.5) is 16.2 Å². The van der Waals surface area contributed by atoms with Gasteiger partial charge in [-0.25, -0.2) is 4.79 Å². The van der Waals surface area contributed by atoms with E-state index in [1.807, 2.05) is 12.1 Å². The second-order valence-electron chi connectivity index (χ2n) is 6.30. The zero-order chi connectivity index (χ0) is 19.2. The minimum atomic E-state index is -0.356. The predicted molar refractivity (Wildman–Crippen MR) is 103 cm³/mol. The molecular weight excluding hydrogens is 346 g/mol. The summed E-state index contributed by atoms with van der Waals surface area (Å²) in [6.07, 6.45) is 1.89. The van der Waals surface area contributed by atoms with Gasteiger partial charge in [-0.15, -0.1) is 0 Å². The zero-order valence-corrected chi connectivity index (χ0v) is 15.4. The quantitative estimate of drug-likeness (QED) is 0.698. The molecule has 0 aliphatic heterocycles. The Balaban J connectivity index is 1.57. The van der Waals surface area contributed by atoms with Crippen LogP contribution in [0.15, 0.2) is 42.5 Å². The highest BCUT2D eigenvalue weighted by molar-refractivity contribution is 5.95. The summed E-state index contributed by atoms with van der Waals surface area (Å²) in [5, 5.41) is 8.41. The van der Waals surface area contributed by atoms with Crippen molar-refractivity contribution < 1.29 is 19.1 Å². The Kier molecular flexibility index (Phi) is 5.80. The molecule has 0 aromatic heterocycles. The largest absolute Gasteiger partial charge is 0.493 e. The number of benzene rings is 2. The Morgan fingerprint density at radius 3 is 2.37 bits per heavy atom. The molecule has 0 saturated heterocycles. The van der Waals surface area contributed by atoms with Gasteiger partial charge in [-0.3, -0.25) is 4.79 Å². The molecular formula is C20H23N3O4. The van der Waals surface area contributed by atoms with Crippen LogP contribution in [0, 0.1) is 5.92 Å². The standard InChI is InChI=1S/C20H23N3O4/c1-26-17-8-3-5-14(18(17)27-2)12-21-20(25)23-16-7-4-6-15(11-16)22-19(24)13-9-10-13/h3-8,11,13H,9-10,12H2,1-2H3,(H,22,24)(H2,21,23,25). The van der Waals surface area contributed by atoms with E-state index in [4.69, 9.17) is 9.47 Å². The van der Waals surface area contributed by atoms with Crippen molar-refractivity contribution in [2.45, 2.75) is 19.4 Å². The van der Waals surface area contributed by atoms with Gasteiger partial charge in [0, 0.05) is 29.4 Å². The molecule has 7 nitrogen and oxygen atoms in total. The van der Waals surface area contributed by atoms with Crippen molar-refractivity contribution in [2.24, 2.45) is 5.92 Å². The lowest BCUT2D eigenvalue weighted by Crippen LogP contribution is -2.28. The van der Waals surface area contributed by atoms with Gasteiger partial charge in [-0.2, -0.15) is 0 Å². The molecule has 1 aliphatic carbocycles. The Hall–Kier alpha value is -3.22. The third-order valence-corrected chi connectivity index (χ3v) is 4.26. The first kappa shape index (κ1) is 18.6. The number of nitrogens with one attached hydrogen (secondary N) is 3. The number of carbonyl (C=O) groups excluding carboxylic acids is 2. The monoisotopic (exact) mass is 369 g/mol. The third kappa shape index (κ3) is 4.91. The molecule has 0 bridgehead atoms. The maximum atomic E-state index is 12.2. The number of ether oxygens (including phenoxy) is 2. The highest BCUT2D eigenvalue weighted by Gasteiger charge is 2.29. The fourth-order valence-electron chi connectivity index (χ4n) is 2.71. The minimum Gasteiger partial charge on any atom is -0.493 e. The number of anilines is 2. The molecule has 142 valence electrons. The van der Waals surface area contributed by atoms with Gasteiger partial charge < -0.3 is 25.4 Å². The Morgan fingerprint density at radius 1 is 1.00 bits per heavy atom. The van der Waals surface area contributed by atoms with E-state index in [0.29, 0.717) is 22.9 Å². The molecule has 1 fully saturated rings. The number of methoxy groups -OCH3 is 2. The number of hydrogen-bond acceptors (Lipinski definition) is 4. The molecule has 2 aromatic carbocycles. The van der Waals surface area contributed by atoms with E-state index < -0.39 is 0 Å². The van der Waals surface area contributed by atoms with E-state index in [-0.39, 0.29) is 24.4 Å². The maximum absolute atomic E-state index is 12.2. The normalized spacial score (nSPS) is 12.8. The summed E-state index contributed by atoms with van der Waals surface area (Å²) in [6.45, 7) is 0.282. The number of hydrogen-bond donors (Lipinski definition) is 3. The van der Waals surface area contributed by atoms with Crippen LogP contribution in [0.3, 0.4) is 0 Å². The second kappa shape index (κ2) is 8.44. The van der Waals surface area contributed by atoms with E-state index in [9.17, 15) is 9.59 Å². The predicted octanol–water partition coefficient (Wildman–Crippen LogP) is 3.37. The molecule has 0 radical (unpaired) electrons. The summed E-state index contributed by atoms with van der Waals surface area (Å²) >= 11 is 0. The average Bonchev–Trinajstić information content (AvgIpc) is 3.51. The van der Waals surface area contributed by atoms with Crippen LogP contribution in [0.25, 0.3) is 0 Å². The lowest BCUT2D eigenvalue weighted by molar-refractivity contribution is -0.117. The molecule has 0 unspecified atom stereocenters. The molecule has 2 aromatic rings. The third-order valence-electron chi connectivity index (χ3n) is 4.26. The summed E-state index contributed by atoms with van der Waals surface area (Å²) in [4.78, 5) is 24.1. The molecule has 3 N–H and O–H groups in total. The van der Waals surface area contributed by atoms with Crippen molar-refractivity contribution in [3.8, 4) is 11.5 Å². The number of carbonyl (C=O) groups is 2. The van der Waals surface area contributed by atoms with E-state index in [0.717, 1.165) is 18.4 Å². The summed E-state index contributed by atoms with van der Waals surface area (Å²) in [7, 11) is 3.12. The lowest BCUT2D eigenvalue weighted by atomic mass is 10.2. The average molecular weight is 369 g/mol. The Bertz CT molecular complexity index is 834. The highest BCUT2D eigenvalue weighted by atomic mass is 16.5. The van der Waals surface area contributed by atoms with Crippen LogP contribution in [-0.2, 0) is 11.3 Å². The van der Waals surface area contributed by atoms with Gasteiger partial charge in [0.2, 0.25) is 5.91 Å². The van der Waals surface area contributed by atoms with E-state index in [2.05, 4.69) is 16.0 Å². The molecule has 27 heavy (non-hydrogen) atoms. The van der Waals surface area contributed by atoms with Gasteiger partial charge in [0.15, 0.2) is 11.5 Å². The fourth-order valence-corrected chi connectivity index (χ4v) is 2.71. The summed E-state index contributed by atoms with van der Waals surface area (Å²) in [6, 6.07) is 12.2. The smallest absolute Gasteiger partial charge is 0.319 e. The van der Waals surface area contributed by atoms with Crippen molar-refractivity contribution in [3.05, 3.63) is 48.0 Å². The van der Waals surface area contributed by atoms with Crippen LogP contribution in [0.2, 0.25) is 0 Å². The van der Waals surface area contributed by atoms with Crippen LogP contribution < -0.4 is 25.4 Å². The van der Waals surface area contributed by atoms with E-state index in [1.165, 1.54) is 0 Å². The van der Waals surface area contributed by atoms with Crippen molar-refractivity contribution >= 4 is 23.3 Å². The van der Waals surface area contributed by atoms with Gasteiger partial charge in [0.1, 0.15) is 0 Å². The SMILES string of the molecule is COc1cccc(CNC(=O)Nc2cccc(NC(=O)C3CC3)c2)c1OC. The first-order chi connectivity index (χ1) is 13.1. The first-order valence-corrected chi connectivity index (χ1v) is 8.76. The van der Waals surface area contributed by atoms with Gasteiger partial charge in [-0.1, -0.05) is 18.2 Å². The number of rotatable bonds is 7. The molecule has 0 spiro atoms. The Labute approximate surface area is 158 Å². The molecule has 7 heteroatoms. The van der Waals surface area contributed by atoms with Crippen molar-refractivity contribution in [3.63, 3.8) is 0 Å². The first-order valence-electron chi connectivity index (χ1n) is 8.76. The molecule has 3 rings (SSSR count). The molecule has 1 saturated carbocycles. The number of urea groups is 1. The van der Waals surface area contributed by atoms with Crippen LogP contribution in [0.1, 0.15) is 18.4 Å². The van der Waals surface area contributed by atoms with Gasteiger partial charge >= 0.3 is 6.03 Å². The number of amides is 3. The van der Waals surface area contributed by atoms with Crippen molar-refractivity contribution in [2.75, 3.05) is 24.9 Å². The van der Waals surface area contributed by atoms with E-state index >= 15 is 0 Å². The zero-order valence-electron chi connectivity index (χ0n) is 15.4. The summed E-state index contributed by atoms with van der Waals surface area (Å²) in [5.41, 5.74) is 2.07. The summed E-state index contributed by atoms with van der Waals surface area (Å²) in [5.74, 6) is 1.35. The van der Waals surface area contributed by atoms with Gasteiger partial charge in [0.05, 0.1) is 14.2 Å². The van der Waals surface area contributed by atoms with Gasteiger partial charge in [-0.05, 0) is 37.1 Å². The lowest BCUT2D eigenvalue weighted by Gasteiger charge is -2.14. The summed E-state index contributed by atoms with van der Waals surface area (Å²) < 4.78 is 10.6. The highest BCUT2D eigenvalue weighted by Crippen LogP contribution is 2.31. The number of para-hydroxylation sites is 1. The van der Waals surface area contributed by atoms with Crippen LogP contribution in [0.5, 0.6) is 11.5 Å². The van der Waals surface area contributed by atoms with Gasteiger partial charge in [0.25, 0.3) is 0 Å². The van der Waals surface area contributed by atoms with E-state index in [1.54, 1.807) is 44.6 Å². The minimum absolute atomic E-state index is 0.0294. The van der Waals surface area contributed by atoms with Crippen LogP contribution >= 0.6 is 0 Å². The maximum Gasteiger partial charge on any atom is 0.319 e. The topological polar surface area (TPSA) is 88.7 Å². The van der Waals surface area contributed by atoms with Crippen LogP contribution in [-0.4, -0.2) is 26.2 Å².